The molecule has 0 amide bonds. The standard InChI is InChI=1S/C11H15N5/c1-7(13-2)10-9(11(12)16-15-10)8-3-5-14-6-4-8/h3-7,13H,1-2H3,(H3,12,15,16)/t7-/m0/s1. The Hall–Kier alpha value is -1.88. The van der Waals surface area contributed by atoms with Crippen LogP contribution in [-0.4, -0.2) is 22.2 Å². The van der Waals surface area contributed by atoms with Gasteiger partial charge in [-0.25, -0.2) is 0 Å². The van der Waals surface area contributed by atoms with Gasteiger partial charge in [-0.2, -0.15) is 5.10 Å². The third-order valence-electron chi connectivity index (χ3n) is 2.66. The van der Waals surface area contributed by atoms with Gasteiger partial charge >= 0.3 is 0 Å². The molecule has 2 aromatic rings. The molecule has 0 bridgehead atoms. The highest BCUT2D eigenvalue weighted by Gasteiger charge is 2.16. The minimum Gasteiger partial charge on any atom is -0.382 e. The molecule has 0 spiro atoms. The fourth-order valence-electron chi connectivity index (χ4n) is 1.65. The Bertz CT molecular complexity index is 462. The monoisotopic (exact) mass is 217 g/mol. The van der Waals surface area contributed by atoms with Crippen molar-refractivity contribution in [2.24, 2.45) is 0 Å². The normalized spacial score (nSPS) is 12.6. The summed E-state index contributed by atoms with van der Waals surface area (Å²) in [6.45, 7) is 2.05. The highest BCUT2D eigenvalue weighted by atomic mass is 15.2. The fourth-order valence-corrected chi connectivity index (χ4v) is 1.65. The number of anilines is 1. The van der Waals surface area contributed by atoms with E-state index in [0.717, 1.165) is 16.8 Å². The molecule has 0 aliphatic rings. The maximum Gasteiger partial charge on any atom is 0.153 e. The molecule has 0 fully saturated rings. The van der Waals surface area contributed by atoms with Crippen LogP contribution in [0, 0.1) is 0 Å². The lowest BCUT2D eigenvalue weighted by molar-refractivity contribution is 0.631. The lowest BCUT2D eigenvalue weighted by Gasteiger charge is -2.10. The van der Waals surface area contributed by atoms with Crippen LogP contribution in [0.15, 0.2) is 24.5 Å². The summed E-state index contributed by atoms with van der Waals surface area (Å²) in [6, 6.07) is 4.02. The first-order chi connectivity index (χ1) is 7.74. The molecule has 0 radical (unpaired) electrons. The number of nitrogens with one attached hydrogen (secondary N) is 2. The van der Waals surface area contributed by atoms with Gasteiger partial charge in [-0.05, 0) is 31.7 Å². The second kappa shape index (κ2) is 4.32. The van der Waals surface area contributed by atoms with Crippen molar-refractivity contribution in [2.75, 3.05) is 12.8 Å². The number of nitrogens with zero attached hydrogens (tertiary/aromatic N) is 2. The minimum atomic E-state index is 0.174. The molecule has 16 heavy (non-hydrogen) atoms. The van der Waals surface area contributed by atoms with E-state index in [9.17, 15) is 0 Å². The molecule has 0 aliphatic heterocycles. The van der Waals surface area contributed by atoms with Crippen LogP contribution in [-0.2, 0) is 0 Å². The van der Waals surface area contributed by atoms with Crippen molar-refractivity contribution in [3.63, 3.8) is 0 Å². The summed E-state index contributed by atoms with van der Waals surface area (Å²) < 4.78 is 0. The first-order valence-corrected chi connectivity index (χ1v) is 5.15. The zero-order valence-electron chi connectivity index (χ0n) is 9.36. The predicted octanol–water partition coefficient (Wildman–Crippen LogP) is 1.33. The summed E-state index contributed by atoms with van der Waals surface area (Å²) in [5.74, 6) is 0.517. The highest BCUT2D eigenvalue weighted by molar-refractivity contribution is 5.76. The van der Waals surface area contributed by atoms with Gasteiger partial charge in [-0.1, -0.05) is 0 Å². The van der Waals surface area contributed by atoms with Crippen molar-refractivity contribution < 1.29 is 0 Å². The maximum absolute atomic E-state index is 5.88. The molecule has 0 aliphatic carbocycles. The molecule has 0 unspecified atom stereocenters. The van der Waals surface area contributed by atoms with Crippen molar-refractivity contribution in [1.29, 1.82) is 0 Å². The van der Waals surface area contributed by atoms with E-state index in [-0.39, 0.29) is 6.04 Å². The van der Waals surface area contributed by atoms with Gasteiger partial charge in [0.05, 0.1) is 5.69 Å². The van der Waals surface area contributed by atoms with Crippen LogP contribution in [0.3, 0.4) is 0 Å². The summed E-state index contributed by atoms with van der Waals surface area (Å²) in [6.07, 6.45) is 3.49. The Morgan fingerprint density at radius 1 is 1.38 bits per heavy atom. The van der Waals surface area contributed by atoms with E-state index in [1.807, 2.05) is 19.2 Å². The number of pyridine rings is 1. The van der Waals surface area contributed by atoms with Crippen molar-refractivity contribution in [3.8, 4) is 11.1 Å². The Morgan fingerprint density at radius 3 is 2.69 bits per heavy atom. The van der Waals surface area contributed by atoms with E-state index in [4.69, 9.17) is 5.73 Å². The summed E-state index contributed by atoms with van der Waals surface area (Å²) in [5, 5.41) is 10.2. The summed E-state index contributed by atoms with van der Waals surface area (Å²) in [4.78, 5) is 3.99. The maximum atomic E-state index is 5.88. The Labute approximate surface area is 94.1 Å². The smallest absolute Gasteiger partial charge is 0.153 e. The molecule has 0 saturated heterocycles. The van der Waals surface area contributed by atoms with E-state index >= 15 is 0 Å². The van der Waals surface area contributed by atoms with Crippen LogP contribution >= 0.6 is 0 Å². The zero-order valence-corrected chi connectivity index (χ0v) is 9.36. The van der Waals surface area contributed by atoms with Crippen molar-refractivity contribution in [2.45, 2.75) is 13.0 Å². The number of nitrogen functional groups attached to an aromatic ring is 1. The summed E-state index contributed by atoms with van der Waals surface area (Å²) in [7, 11) is 1.90. The largest absolute Gasteiger partial charge is 0.382 e. The summed E-state index contributed by atoms with van der Waals surface area (Å²) >= 11 is 0. The molecule has 2 aromatic heterocycles. The van der Waals surface area contributed by atoms with E-state index in [2.05, 4.69) is 27.4 Å². The zero-order chi connectivity index (χ0) is 11.5. The van der Waals surface area contributed by atoms with Gasteiger partial charge in [0.15, 0.2) is 5.82 Å². The van der Waals surface area contributed by atoms with Crippen LogP contribution < -0.4 is 11.1 Å². The number of hydrogen-bond acceptors (Lipinski definition) is 4. The Balaban J connectivity index is 2.52. The SMILES string of the molecule is CN[C@@H](C)c1[nH]nc(N)c1-c1ccncc1. The first-order valence-electron chi connectivity index (χ1n) is 5.15. The van der Waals surface area contributed by atoms with Gasteiger partial charge in [0.2, 0.25) is 0 Å². The van der Waals surface area contributed by atoms with Gasteiger partial charge in [-0.15, -0.1) is 0 Å². The van der Waals surface area contributed by atoms with Crippen molar-refractivity contribution in [3.05, 3.63) is 30.2 Å². The summed E-state index contributed by atoms with van der Waals surface area (Å²) in [5.41, 5.74) is 8.84. The number of H-pyrrole nitrogens is 1. The Morgan fingerprint density at radius 2 is 2.06 bits per heavy atom. The second-order valence-electron chi connectivity index (χ2n) is 3.64. The van der Waals surface area contributed by atoms with Gasteiger partial charge in [0, 0.05) is 24.0 Å². The van der Waals surface area contributed by atoms with Crippen molar-refractivity contribution >= 4 is 5.82 Å². The van der Waals surface area contributed by atoms with Gasteiger partial charge in [0.1, 0.15) is 0 Å². The van der Waals surface area contributed by atoms with Crippen LogP contribution in [0.5, 0.6) is 0 Å². The predicted molar refractivity (Wildman–Crippen MR) is 63.7 cm³/mol. The molecule has 1 atom stereocenters. The van der Waals surface area contributed by atoms with E-state index in [1.165, 1.54) is 0 Å². The van der Waals surface area contributed by atoms with Gasteiger partial charge in [-0.3, -0.25) is 10.1 Å². The topological polar surface area (TPSA) is 79.6 Å². The number of aromatic amines is 1. The third kappa shape index (κ3) is 1.77. The van der Waals surface area contributed by atoms with Crippen LogP contribution in [0.25, 0.3) is 11.1 Å². The molecule has 5 nitrogen and oxygen atoms in total. The molecule has 2 heterocycles. The third-order valence-corrected chi connectivity index (χ3v) is 2.66. The number of nitrogens with two attached hydrogens (primary N) is 1. The number of rotatable bonds is 3. The quantitative estimate of drug-likeness (QED) is 0.724. The molecule has 2 rings (SSSR count). The second-order valence-corrected chi connectivity index (χ2v) is 3.64. The Kier molecular flexibility index (Phi) is 2.87. The highest BCUT2D eigenvalue weighted by Crippen LogP contribution is 2.30. The molecular formula is C11H15N5. The number of hydrogen-bond donors (Lipinski definition) is 3. The van der Waals surface area contributed by atoms with E-state index in [0.29, 0.717) is 5.82 Å². The van der Waals surface area contributed by atoms with Crippen molar-refractivity contribution in [1.82, 2.24) is 20.5 Å². The molecule has 84 valence electrons. The van der Waals surface area contributed by atoms with E-state index < -0.39 is 0 Å². The number of aromatic nitrogens is 3. The molecular weight excluding hydrogens is 202 g/mol. The van der Waals surface area contributed by atoms with Crippen LogP contribution in [0.4, 0.5) is 5.82 Å². The van der Waals surface area contributed by atoms with E-state index in [1.54, 1.807) is 12.4 Å². The lowest BCUT2D eigenvalue weighted by Crippen LogP contribution is -2.13. The average Bonchev–Trinajstić information content (AvgIpc) is 2.71. The molecule has 0 saturated carbocycles. The van der Waals surface area contributed by atoms with Gasteiger partial charge in [0.25, 0.3) is 0 Å². The van der Waals surface area contributed by atoms with Gasteiger partial charge < -0.3 is 11.1 Å². The molecule has 5 heteroatoms. The average molecular weight is 217 g/mol. The lowest BCUT2D eigenvalue weighted by atomic mass is 10.0. The fraction of sp³-hybridized carbons (Fsp3) is 0.273. The first kappa shape index (κ1) is 10.6. The molecule has 4 N–H and O–H groups in total. The minimum absolute atomic E-state index is 0.174. The molecule has 0 aromatic carbocycles. The van der Waals surface area contributed by atoms with Crippen LogP contribution in [0.2, 0.25) is 0 Å². The van der Waals surface area contributed by atoms with Crippen LogP contribution in [0.1, 0.15) is 18.7 Å².